The Kier molecular flexibility index (Phi) is 6.06. The third-order valence-corrected chi connectivity index (χ3v) is 4.64. The summed E-state index contributed by atoms with van der Waals surface area (Å²) >= 11 is 0. The molecule has 0 bridgehead atoms. The molecule has 0 saturated heterocycles. The second-order valence-electron chi connectivity index (χ2n) is 6.10. The van der Waals surface area contributed by atoms with Gasteiger partial charge in [0.2, 0.25) is 0 Å². The lowest BCUT2D eigenvalue weighted by atomic mass is 9.85. The first-order valence-electron chi connectivity index (χ1n) is 8.19. The molecule has 1 aromatic rings. The molecular formula is C18H29NO. The molecule has 2 heteroatoms. The number of hydrogen-bond acceptors (Lipinski definition) is 2. The number of nitrogens with two attached hydrogens (primary N) is 1. The summed E-state index contributed by atoms with van der Waals surface area (Å²) in [4.78, 5) is 0. The van der Waals surface area contributed by atoms with Gasteiger partial charge in [-0.05, 0) is 36.3 Å². The molecule has 1 aliphatic carbocycles. The SMILES string of the molecule is CCc1ccc(C(N)COC2CCCC(CC)C2)cc1. The molecule has 3 atom stereocenters. The van der Waals surface area contributed by atoms with Gasteiger partial charge in [0, 0.05) is 0 Å². The Labute approximate surface area is 123 Å². The van der Waals surface area contributed by atoms with Crippen molar-refractivity contribution in [2.45, 2.75) is 64.5 Å². The number of benzene rings is 1. The highest BCUT2D eigenvalue weighted by Gasteiger charge is 2.21. The highest BCUT2D eigenvalue weighted by Crippen LogP contribution is 2.29. The van der Waals surface area contributed by atoms with E-state index in [0.29, 0.717) is 12.7 Å². The molecule has 2 N–H and O–H groups in total. The maximum Gasteiger partial charge on any atom is 0.0663 e. The molecule has 0 spiro atoms. The van der Waals surface area contributed by atoms with Crippen molar-refractivity contribution in [3.05, 3.63) is 35.4 Å². The molecule has 112 valence electrons. The van der Waals surface area contributed by atoms with Gasteiger partial charge >= 0.3 is 0 Å². The van der Waals surface area contributed by atoms with Crippen LogP contribution >= 0.6 is 0 Å². The monoisotopic (exact) mass is 275 g/mol. The number of hydrogen-bond donors (Lipinski definition) is 1. The highest BCUT2D eigenvalue weighted by molar-refractivity contribution is 5.24. The topological polar surface area (TPSA) is 35.2 Å². The molecule has 0 radical (unpaired) electrons. The fourth-order valence-electron chi connectivity index (χ4n) is 3.10. The molecule has 2 nitrogen and oxygen atoms in total. The van der Waals surface area contributed by atoms with E-state index in [2.05, 4.69) is 38.1 Å². The zero-order valence-corrected chi connectivity index (χ0v) is 13.0. The van der Waals surface area contributed by atoms with Crippen molar-refractivity contribution in [1.82, 2.24) is 0 Å². The molecule has 0 aliphatic heterocycles. The second kappa shape index (κ2) is 7.80. The van der Waals surface area contributed by atoms with E-state index in [4.69, 9.17) is 10.5 Å². The summed E-state index contributed by atoms with van der Waals surface area (Å²) < 4.78 is 6.06. The van der Waals surface area contributed by atoms with Crippen LogP contribution in [0, 0.1) is 5.92 Å². The van der Waals surface area contributed by atoms with Gasteiger partial charge < -0.3 is 10.5 Å². The molecule has 20 heavy (non-hydrogen) atoms. The number of rotatable bonds is 6. The minimum absolute atomic E-state index is 0.00269. The van der Waals surface area contributed by atoms with Gasteiger partial charge in [-0.1, -0.05) is 57.4 Å². The zero-order chi connectivity index (χ0) is 14.4. The van der Waals surface area contributed by atoms with Crippen LogP contribution in [0.15, 0.2) is 24.3 Å². The quantitative estimate of drug-likeness (QED) is 0.843. The summed E-state index contributed by atoms with van der Waals surface area (Å²) in [5, 5.41) is 0. The maximum absolute atomic E-state index is 6.25. The lowest BCUT2D eigenvalue weighted by Gasteiger charge is -2.29. The Balaban J connectivity index is 1.80. The lowest BCUT2D eigenvalue weighted by Crippen LogP contribution is -2.26. The van der Waals surface area contributed by atoms with Crippen LogP contribution in [-0.2, 0) is 11.2 Å². The van der Waals surface area contributed by atoms with Crippen molar-refractivity contribution in [2.24, 2.45) is 11.7 Å². The van der Waals surface area contributed by atoms with Crippen molar-refractivity contribution >= 4 is 0 Å². The Morgan fingerprint density at radius 3 is 2.60 bits per heavy atom. The molecule has 0 aromatic heterocycles. The predicted molar refractivity (Wildman–Crippen MR) is 84.7 cm³/mol. The normalized spacial score (nSPS) is 24.6. The standard InChI is InChI=1S/C18H29NO/c1-3-14-8-10-16(11-9-14)18(19)13-20-17-7-5-6-15(4-2)12-17/h8-11,15,17-18H,3-7,12-13,19H2,1-2H3. The Hall–Kier alpha value is -0.860. The van der Waals surface area contributed by atoms with E-state index in [-0.39, 0.29) is 6.04 Å². The van der Waals surface area contributed by atoms with Gasteiger partial charge in [-0.2, -0.15) is 0 Å². The fraction of sp³-hybridized carbons (Fsp3) is 0.667. The lowest BCUT2D eigenvalue weighted by molar-refractivity contribution is 0.00561. The number of ether oxygens (including phenoxy) is 1. The van der Waals surface area contributed by atoms with Crippen LogP contribution in [0.2, 0.25) is 0 Å². The van der Waals surface area contributed by atoms with E-state index in [1.54, 1.807) is 0 Å². The summed E-state index contributed by atoms with van der Waals surface area (Å²) in [5.74, 6) is 0.855. The van der Waals surface area contributed by atoms with Gasteiger partial charge in [0.05, 0.1) is 18.8 Å². The fourth-order valence-corrected chi connectivity index (χ4v) is 3.10. The minimum atomic E-state index is 0.00269. The van der Waals surface area contributed by atoms with Crippen LogP contribution in [0.25, 0.3) is 0 Å². The van der Waals surface area contributed by atoms with E-state index in [0.717, 1.165) is 12.3 Å². The van der Waals surface area contributed by atoms with Gasteiger partial charge in [0.15, 0.2) is 0 Å². The molecule has 1 fully saturated rings. The largest absolute Gasteiger partial charge is 0.376 e. The number of aryl methyl sites for hydroxylation is 1. The molecule has 2 rings (SSSR count). The maximum atomic E-state index is 6.25. The van der Waals surface area contributed by atoms with Crippen LogP contribution in [0.1, 0.15) is 63.1 Å². The van der Waals surface area contributed by atoms with Crippen LogP contribution in [0.5, 0.6) is 0 Å². The van der Waals surface area contributed by atoms with Crippen LogP contribution in [0.3, 0.4) is 0 Å². The van der Waals surface area contributed by atoms with Crippen LogP contribution in [0.4, 0.5) is 0 Å². The first kappa shape index (κ1) is 15.5. The van der Waals surface area contributed by atoms with Gasteiger partial charge in [-0.3, -0.25) is 0 Å². The molecule has 1 aromatic carbocycles. The molecule has 0 amide bonds. The molecule has 0 heterocycles. The third kappa shape index (κ3) is 4.32. The Morgan fingerprint density at radius 2 is 1.95 bits per heavy atom. The smallest absolute Gasteiger partial charge is 0.0663 e. The van der Waals surface area contributed by atoms with E-state index >= 15 is 0 Å². The average molecular weight is 275 g/mol. The van der Waals surface area contributed by atoms with E-state index in [9.17, 15) is 0 Å². The average Bonchev–Trinajstić information content (AvgIpc) is 2.53. The third-order valence-electron chi connectivity index (χ3n) is 4.64. The van der Waals surface area contributed by atoms with Crippen molar-refractivity contribution in [3.8, 4) is 0 Å². The van der Waals surface area contributed by atoms with Gasteiger partial charge in [0.1, 0.15) is 0 Å². The summed E-state index contributed by atoms with van der Waals surface area (Å²) in [5.41, 5.74) is 8.79. The summed E-state index contributed by atoms with van der Waals surface area (Å²) in [6, 6.07) is 8.62. The first-order valence-corrected chi connectivity index (χ1v) is 8.19. The first-order chi connectivity index (χ1) is 9.72. The van der Waals surface area contributed by atoms with Gasteiger partial charge in [-0.25, -0.2) is 0 Å². The van der Waals surface area contributed by atoms with E-state index < -0.39 is 0 Å². The molecule has 1 aliphatic rings. The van der Waals surface area contributed by atoms with Crippen molar-refractivity contribution in [3.63, 3.8) is 0 Å². The van der Waals surface area contributed by atoms with Gasteiger partial charge in [0.25, 0.3) is 0 Å². The Bertz CT molecular complexity index is 387. The minimum Gasteiger partial charge on any atom is -0.376 e. The van der Waals surface area contributed by atoms with Crippen LogP contribution in [-0.4, -0.2) is 12.7 Å². The molecule has 3 unspecified atom stereocenters. The van der Waals surface area contributed by atoms with Crippen molar-refractivity contribution in [2.75, 3.05) is 6.61 Å². The van der Waals surface area contributed by atoms with Crippen molar-refractivity contribution < 1.29 is 4.74 Å². The summed E-state index contributed by atoms with van der Waals surface area (Å²) in [7, 11) is 0. The summed E-state index contributed by atoms with van der Waals surface area (Å²) in [6.45, 7) is 5.10. The van der Waals surface area contributed by atoms with Gasteiger partial charge in [-0.15, -0.1) is 0 Å². The molecular weight excluding hydrogens is 246 g/mol. The van der Waals surface area contributed by atoms with Crippen LogP contribution < -0.4 is 5.73 Å². The highest BCUT2D eigenvalue weighted by atomic mass is 16.5. The van der Waals surface area contributed by atoms with E-state index in [1.165, 1.54) is 43.2 Å². The second-order valence-corrected chi connectivity index (χ2v) is 6.10. The molecule has 1 saturated carbocycles. The zero-order valence-electron chi connectivity index (χ0n) is 13.0. The van der Waals surface area contributed by atoms with E-state index in [1.807, 2.05) is 0 Å². The Morgan fingerprint density at radius 1 is 1.20 bits per heavy atom. The predicted octanol–water partition coefficient (Wildman–Crippen LogP) is 4.23. The summed E-state index contributed by atoms with van der Waals surface area (Å²) in [6.07, 6.45) is 7.90. The van der Waals surface area contributed by atoms with Crippen molar-refractivity contribution in [1.29, 1.82) is 0 Å².